The number of amides is 1. The Morgan fingerprint density at radius 2 is 1.90 bits per heavy atom. The molecule has 0 bridgehead atoms. The van der Waals surface area contributed by atoms with E-state index in [1.165, 1.54) is 11.1 Å². The van der Waals surface area contributed by atoms with Gasteiger partial charge in [0.1, 0.15) is 0 Å². The summed E-state index contributed by atoms with van der Waals surface area (Å²) in [5.41, 5.74) is 12.0. The molecule has 6 heteroatoms. The maximum absolute atomic E-state index is 13.1. The highest BCUT2D eigenvalue weighted by atomic mass is 16.5. The number of benzene rings is 2. The molecule has 2 aromatic carbocycles. The molecule has 0 radical (unpaired) electrons. The summed E-state index contributed by atoms with van der Waals surface area (Å²) in [5.74, 6) is 1.09. The van der Waals surface area contributed by atoms with Gasteiger partial charge in [0, 0.05) is 25.9 Å². The van der Waals surface area contributed by atoms with Crippen molar-refractivity contribution >= 4 is 11.8 Å². The third-order valence-electron chi connectivity index (χ3n) is 6.37. The Balaban J connectivity index is 1.38. The molecule has 31 heavy (non-hydrogen) atoms. The molecule has 2 aromatic rings. The van der Waals surface area contributed by atoms with Crippen LogP contribution in [0.3, 0.4) is 0 Å². The number of nitrogens with zero attached hydrogens (tertiary/aromatic N) is 2. The van der Waals surface area contributed by atoms with Crippen LogP contribution < -0.4 is 11.2 Å². The van der Waals surface area contributed by atoms with E-state index < -0.39 is 6.04 Å². The van der Waals surface area contributed by atoms with E-state index in [4.69, 9.17) is 10.5 Å². The fraction of sp³-hybridized carbons (Fsp3) is 0.440. The van der Waals surface area contributed by atoms with Gasteiger partial charge in [0.2, 0.25) is 11.8 Å². The molecule has 2 aliphatic heterocycles. The van der Waals surface area contributed by atoms with Gasteiger partial charge < -0.3 is 15.4 Å². The highest BCUT2D eigenvalue weighted by Crippen LogP contribution is 2.36. The van der Waals surface area contributed by atoms with Gasteiger partial charge in [-0.25, -0.2) is 0 Å². The molecule has 3 N–H and O–H groups in total. The molecule has 6 nitrogen and oxygen atoms in total. The van der Waals surface area contributed by atoms with Crippen LogP contribution in [-0.4, -0.2) is 42.1 Å². The number of likely N-dealkylation sites (tertiary alicyclic amines) is 1. The van der Waals surface area contributed by atoms with E-state index >= 15 is 0 Å². The van der Waals surface area contributed by atoms with Gasteiger partial charge >= 0.3 is 0 Å². The molecule has 1 amide bonds. The van der Waals surface area contributed by atoms with Crippen LogP contribution in [0.15, 0.2) is 65.8 Å². The minimum Gasteiger partial charge on any atom is -0.454 e. The number of nitrogens with one attached hydrogen (secondary N) is 1. The van der Waals surface area contributed by atoms with Crippen LogP contribution in [-0.2, 0) is 16.0 Å². The first-order valence-corrected chi connectivity index (χ1v) is 11.2. The Hall–Kier alpha value is -2.86. The zero-order valence-electron chi connectivity index (χ0n) is 18.1. The maximum atomic E-state index is 13.1. The second kappa shape index (κ2) is 9.96. The van der Waals surface area contributed by atoms with Crippen LogP contribution in [0.2, 0.25) is 0 Å². The van der Waals surface area contributed by atoms with E-state index in [-0.39, 0.29) is 18.1 Å². The normalized spacial score (nSPS) is 24.1. The zero-order chi connectivity index (χ0) is 21.6. The van der Waals surface area contributed by atoms with Crippen LogP contribution in [0.1, 0.15) is 43.2 Å². The molecule has 0 aliphatic carbocycles. The summed E-state index contributed by atoms with van der Waals surface area (Å²) in [7, 11) is 0. The first-order chi connectivity index (χ1) is 15.1. The third kappa shape index (κ3) is 5.25. The second-order valence-corrected chi connectivity index (χ2v) is 8.54. The molecule has 164 valence electrons. The van der Waals surface area contributed by atoms with Gasteiger partial charge in [-0.3, -0.25) is 10.2 Å². The number of hydrogen-bond donors (Lipinski definition) is 2. The molecule has 2 heterocycles. The standard InChI is InChI=1S/C25H32N4O2/c1-18-27-28-24(31-18)22-17-29(16-15-21(22)20-12-6-3-7-13-20)25(30)23(26)14-8-11-19-9-4-2-5-10-19/h2-7,9-10,12-13,21-24,28H,8,11,14-17,26H2,1H3/t21?,22?,23-,24?/m1/s1. The van der Waals surface area contributed by atoms with Crippen molar-refractivity contribution in [3.05, 3.63) is 71.8 Å². The zero-order valence-corrected chi connectivity index (χ0v) is 18.1. The molecular formula is C25H32N4O2. The number of carbonyl (C=O) groups is 1. The quantitative estimate of drug-likeness (QED) is 0.721. The number of carbonyl (C=O) groups excluding carboxylic acids is 1. The molecule has 4 rings (SSSR count). The molecular weight excluding hydrogens is 388 g/mol. The van der Waals surface area contributed by atoms with E-state index in [2.05, 4.69) is 46.9 Å². The Labute approximate surface area is 184 Å². The molecule has 0 spiro atoms. The van der Waals surface area contributed by atoms with Crippen molar-refractivity contribution in [2.45, 2.75) is 50.8 Å². The summed E-state index contributed by atoms with van der Waals surface area (Å²) < 4.78 is 5.92. The van der Waals surface area contributed by atoms with Crippen molar-refractivity contribution in [1.82, 2.24) is 10.3 Å². The Bertz CT molecular complexity index is 887. The highest BCUT2D eigenvalue weighted by Gasteiger charge is 2.40. The molecule has 1 fully saturated rings. The minimum absolute atomic E-state index is 0.0419. The van der Waals surface area contributed by atoms with Gasteiger partial charge in [0.15, 0.2) is 6.23 Å². The lowest BCUT2D eigenvalue weighted by molar-refractivity contribution is -0.136. The Morgan fingerprint density at radius 1 is 1.19 bits per heavy atom. The van der Waals surface area contributed by atoms with Gasteiger partial charge in [0.05, 0.1) is 6.04 Å². The molecule has 4 atom stereocenters. The van der Waals surface area contributed by atoms with Crippen molar-refractivity contribution in [1.29, 1.82) is 0 Å². The first kappa shape index (κ1) is 21.4. The van der Waals surface area contributed by atoms with Gasteiger partial charge in [-0.2, -0.15) is 0 Å². The lowest BCUT2D eigenvalue weighted by Gasteiger charge is -2.41. The first-order valence-electron chi connectivity index (χ1n) is 11.2. The van der Waals surface area contributed by atoms with E-state index in [9.17, 15) is 4.79 Å². The van der Waals surface area contributed by atoms with Gasteiger partial charge in [-0.15, -0.1) is 5.10 Å². The van der Waals surface area contributed by atoms with Crippen molar-refractivity contribution in [2.24, 2.45) is 16.8 Å². The number of ether oxygens (including phenoxy) is 1. The largest absolute Gasteiger partial charge is 0.454 e. The van der Waals surface area contributed by atoms with Crippen molar-refractivity contribution in [3.63, 3.8) is 0 Å². The summed E-state index contributed by atoms with van der Waals surface area (Å²) >= 11 is 0. The number of aryl methyl sites for hydroxylation is 1. The van der Waals surface area contributed by atoms with E-state index in [1.807, 2.05) is 36.1 Å². The van der Waals surface area contributed by atoms with Gasteiger partial charge in [-0.05, 0) is 42.7 Å². The SMILES string of the molecule is CC1=NNC(C2CN(C(=O)[C@H](N)CCCc3ccccc3)CCC2c2ccccc2)O1. The fourth-order valence-corrected chi connectivity index (χ4v) is 4.71. The minimum atomic E-state index is -0.465. The molecule has 1 saturated heterocycles. The van der Waals surface area contributed by atoms with Crippen molar-refractivity contribution in [3.8, 4) is 0 Å². The predicted octanol–water partition coefficient (Wildman–Crippen LogP) is 3.25. The summed E-state index contributed by atoms with van der Waals surface area (Å²) in [6.45, 7) is 3.18. The maximum Gasteiger partial charge on any atom is 0.239 e. The average Bonchev–Trinajstić information content (AvgIpc) is 3.25. The smallest absolute Gasteiger partial charge is 0.239 e. The fourth-order valence-electron chi connectivity index (χ4n) is 4.71. The Kier molecular flexibility index (Phi) is 6.87. The molecule has 3 unspecified atom stereocenters. The van der Waals surface area contributed by atoms with Crippen LogP contribution in [0.5, 0.6) is 0 Å². The Morgan fingerprint density at radius 3 is 2.58 bits per heavy atom. The summed E-state index contributed by atoms with van der Waals surface area (Å²) in [6, 6.07) is 20.4. The number of rotatable bonds is 7. The molecule has 2 aliphatic rings. The van der Waals surface area contributed by atoms with Crippen LogP contribution >= 0.6 is 0 Å². The summed E-state index contributed by atoms with van der Waals surface area (Å²) in [4.78, 5) is 15.0. The molecule has 0 aromatic heterocycles. The van der Waals surface area contributed by atoms with E-state index in [0.717, 1.165) is 19.3 Å². The average molecular weight is 421 g/mol. The predicted molar refractivity (Wildman–Crippen MR) is 122 cm³/mol. The third-order valence-corrected chi connectivity index (χ3v) is 6.37. The number of hydrogen-bond acceptors (Lipinski definition) is 5. The summed E-state index contributed by atoms with van der Waals surface area (Å²) in [6.07, 6.45) is 3.20. The summed E-state index contributed by atoms with van der Waals surface area (Å²) in [5, 5.41) is 4.21. The van der Waals surface area contributed by atoms with Crippen LogP contribution in [0.4, 0.5) is 0 Å². The monoisotopic (exact) mass is 420 g/mol. The second-order valence-electron chi connectivity index (χ2n) is 8.54. The van der Waals surface area contributed by atoms with Crippen molar-refractivity contribution < 1.29 is 9.53 Å². The van der Waals surface area contributed by atoms with Crippen LogP contribution in [0, 0.1) is 5.92 Å². The van der Waals surface area contributed by atoms with Gasteiger partial charge in [0.25, 0.3) is 0 Å². The number of hydrazone groups is 1. The number of piperidine rings is 1. The lowest BCUT2D eigenvalue weighted by atomic mass is 9.79. The van der Waals surface area contributed by atoms with E-state index in [0.29, 0.717) is 31.3 Å². The van der Waals surface area contributed by atoms with Gasteiger partial charge in [-0.1, -0.05) is 60.7 Å². The molecule has 0 saturated carbocycles. The number of nitrogens with two attached hydrogens (primary N) is 1. The lowest BCUT2D eigenvalue weighted by Crippen LogP contribution is -2.53. The highest BCUT2D eigenvalue weighted by molar-refractivity contribution is 5.81. The van der Waals surface area contributed by atoms with Crippen molar-refractivity contribution in [2.75, 3.05) is 13.1 Å². The van der Waals surface area contributed by atoms with E-state index in [1.54, 1.807) is 0 Å². The van der Waals surface area contributed by atoms with Crippen LogP contribution in [0.25, 0.3) is 0 Å². The topological polar surface area (TPSA) is 80.0 Å².